The highest BCUT2D eigenvalue weighted by Crippen LogP contribution is 2.51. The van der Waals surface area contributed by atoms with E-state index in [1.807, 2.05) is 92.8 Å². The van der Waals surface area contributed by atoms with Gasteiger partial charge in [0, 0.05) is 46.2 Å². The van der Waals surface area contributed by atoms with E-state index >= 15 is 0 Å². The Morgan fingerprint density at radius 1 is 0.847 bits per heavy atom. The summed E-state index contributed by atoms with van der Waals surface area (Å²) in [6, 6.07) is 20.7. The molecule has 0 amide bonds. The van der Waals surface area contributed by atoms with Crippen LogP contribution >= 0.6 is 24.7 Å². The minimum absolute atomic E-state index is 0.199. The molecule has 59 heavy (non-hydrogen) atoms. The Balaban J connectivity index is 1.31. The van der Waals surface area contributed by atoms with Crippen LogP contribution in [-0.2, 0) is 50.4 Å². The maximum atomic E-state index is 11.9. The molecule has 0 saturated heterocycles. The van der Waals surface area contributed by atoms with E-state index in [1.165, 1.54) is 12.1 Å². The zero-order chi connectivity index (χ0) is 42.8. The number of hydrogen-bond acceptors (Lipinski definition) is 13. The van der Waals surface area contributed by atoms with Crippen LogP contribution in [0.1, 0.15) is 45.2 Å². The number of nitrogens with zero attached hydrogens (tertiary/aromatic N) is 2. The number of thiol groups is 1. The van der Waals surface area contributed by atoms with Crippen LogP contribution in [0.3, 0.4) is 0 Å². The van der Waals surface area contributed by atoms with Crippen LogP contribution in [0.4, 0.5) is 11.4 Å². The smallest absolute Gasteiger partial charge is 0.286 e. The quantitative estimate of drug-likeness (QED) is 0.00935. The lowest BCUT2D eigenvalue weighted by Crippen LogP contribution is -2.28. The molecule has 2 aliphatic rings. The van der Waals surface area contributed by atoms with E-state index in [1.54, 1.807) is 17.0 Å². The summed E-state index contributed by atoms with van der Waals surface area (Å²) >= 11 is 5.03. The van der Waals surface area contributed by atoms with Gasteiger partial charge in [-0.3, -0.25) is 14.0 Å². The summed E-state index contributed by atoms with van der Waals surface area (Å²) in [5.41, 5.74) is 3.02. The van der Waals surface area contributed by atoms with Crippen molar-refractivity contribution in [3.05, 3.63) is 120 Å². The Labute approximate surface area is 351 Å². The summed E-state index contributed by atoms with van der Waals surface area (Å²) in [5, 5.41) is 28.1. The molecule has 6 rings (SSSR count). The lowest BCUT2D eigenvalue weighted by molar-refractivity contribution is -0.490. The number of hydrogen-bond donors (Lipinski definition) is 5. The van der Waals surface area contributed by atoms with Gasteiger partial charge in [0.15, 0.2) is 5.71 Å². The Kier molecular flexibility index (Phi) is 13.3. The molecule has 0 aliphatic carbocycles. The van der Waals surface area contributed by atoms with Gasteiger partial charge in [-0.25, -0.2) is 10.5 Å². The summed E-state index contributed by atoms with van der Waals surface area (Å²) in [4.78, 5) is 6.86. The molecular weight excluding hydrogens is 841 g/mol. The SMILES string of the molecule is CC1(C)C(=CC=CC=CC=CC2=[N+](CCCS(=O)(=O)O)c3ccc4cc(SOOO)ccc4c3C2(C)C)N(C#CC(S)OOO)c2ccc3cc(S(=O)(=O)O)ccc3c21. The van der Waals surface area contributed by atoms with E-state index in [4.69, 9.17) is 10.5 Å². The molecule has 0 fully saturated rings. The van der Waals surface area contributed by atoms with Crippen LogP contribution in [0.25, 0.3) is 21.5 Å². The second-order valence-corrected chi connectivity index (χ2v) is 18.8. The first-order chi connectivity index (χ1) is 27.9. The topological polar surface area (TPSA) is 192 Å². The van der Waals surface area contributed by atoms with Crippen LogP contribution in [0.2, 0.25) is 0 Å². The maximum absolute atomic E-state index is 11.9. The normalized spacial score (nSPS) is 17.5. The van der Waals surface area contributed by atoms with Crippen molar-refractivity contribution in [2.75, 3.05) is 17.2 Å². The van der Waals surface area contributed by atoms with Gasteiger partial charge in [0.25, 0.3) is 20.2 Å². The molecule has 4 aromatic rings. The van der Waals surface area contributed by atoms with E-state index in [-0.39, 0.29) is 17.1 Å². The molecule has 1 unspecified atom stereocenters. The predicted molar refractivity (Wildman–Crippen MR) is 229 cm³/mol. The first kappa shape index (κ1) is 44.2. The van der Waals surface area contributed by atoms with E-state index < -0.39 is 36.5 Å². The minimum Gasteiger partial charge on any atom is -0.286 e. The van der Waals surface area contributed by atoms with Crippen molar-refractivity contribution in [2.45, 2.75) is 60.2 Å². The number of anilines is 1. The molecule has 310 valence electrons. The molecule has 4 aromatic carbocycles. The van der Waals surface area contributed by atoms with Crippen molar-refractivity contribution in [1.82, 2.24) is 0 Å². The lowest BCUT2D eigenvalue weighted by Gasteiger charge is -2.23. The zero-order valence-corrected chi connectivity index (χ0v) is 35.5. The second kappa shape index (κ2) is 17.7. The molecule has 18 heteroatoms. The van der Waals surface area contributed by atoms with E-state index in [0.29, 0.717) is 16.8 Å². The van der Waals surface area contributed by atoms with Crippen molar-refractivity contribution in [3.63, 3.8) is 0 Å². The third-order valence-electron chi connectivity index (χ3n) is 10.2. The van der Waals surface area contributed by atoms with Gasteiger partial charge in [-0.15, -0.1) is 17.0 Å². The van der Waals surface area contributed by atoms with Gasteiger partial charge in [-0.1, -0.05) is 72.5 Å². The van der Waals surface area contributed by atoms with Gasteiger partial charge in [0.1, 0.15) is 6.54 Å². The van der Waals surface area contributed by atoms with Crippen molar-refractivity contribution in [1.29, 1.82) is 0 Å². The van der Waals surface area contributed by atoms with Gasteiger partial charge >= 0.3 is 0 Å². The number of fused-ring (bicyclic) bond motifs is 6. The molecule has 0 spiro atoms. The van der Waals surface area contributed by atoms with Crippen LogP contribution in [0.15, 0.2) is 119 Å². The Bertz CT molecular complexity index is 2750. The maximum Gasteiger partial charge on any atom is 0.294 e. The molecule has 1 atom stereocenters. The number of rotatable bonds is 14. The molecule has 0 radical (unpaired) electrons. The highest BCUT2D eigenvalue weighted by Gasteiger charge is 2.45. The second-order valence-electron chi connectivity index (χ2n) is 14.6. The third kappa shape index (κ3) is 9.52. The molecule has 0 saturated carbocycles. The summed E-state index contributed by atoms with van der Waals surface area (Å²) in [7, 11) is -8.57. The Morgan fingerprint density at radius 3 is 2.24 bits per heavy atom. The van der Waals surface area contributed by atoms with Gasteiger partial charge < -0.3 is 0 Å². The van der Waals surface area contributed by atoms with Gasteiger partial charge in [-0.2, -0.15) is 26.3 Å². The standard InChI is InChI=1S/C41H40N2O12S4/c1-40(2)35(42(22-10-24-58(46,47)48)33-19-13-27-25-29(57-55-54-45)15-17-31(27)38(33)40)11-8-6-5-7-9-12-36-41(3,4)39-32-18-16-30(59(49,50)51)26-28(32)14-20-34(39)43(36)23-21-37(56)52-53-44/h5-9,11-20,25-26,37H,10,22,24H2,1-4H3,(H4-,44,45,46,47,48,49,50,51,56)/p+1. The van der Waals surface area contributed by atoms with E-state index in [9.17, 15) is 25.9 Å². The first-order valence-corrected chi connectivity index (χ1v) is 22.2. The number of allylic oxidation sites excluding steroid dienone is 8. The van der Waals surface area contributed by atoms with Crippen molar-refractivity contribution >= 4 is 83.5 Å². The van der Waals surface area contributed by atoms with E-state index in [0.717, 1.165) is 62.1 Å². The molecule has 2 heterocycles. The average molecular weight is 882 g/mol. The van der Waals surface area contributed by atoms with Crippen molar-refractivity contribution in [2.24, 2.45) is 0 Å². The summed E-state index contributed by atoms with van der Waals surface area (Å²) in [6.45, 7) is 8.56. The fourth-order valence-corrected chi connectivity index (χ4v) is 9.25. The Morgan fingerprint density at radius 2 is 1.53 bits per heavy atom. The zero-order valence-electron chi connectivity index (χ0n) is 32.1. The first-order valence-electron chi connectivity index (χ1n) is 17.9. The highest BCUT2D eigenvalue weighted by atomic mass is 32.2. The third-order valence-corrected chi connectivity index (χ3v) is 12.6. The Hall–Kier alpha value is -4.33. The monoisotopic (exact) mass is 881 g/mol. The van der Waals surface area contributed by atoms with Crippen LogP contribution < -0.4 is 4.90 Å². The fraction of sp³-hybridized carbons (Fsp3) is 0.244. The van der Waals surface area contributed by atoms with Crippen LogP contribution in [-0.4, -0.2) is 64.5 Å². The van der Waals surface area contributed by atoms with Crippen molar-refractivity contribution < 1.29 is 60.3 Å². The molecule has 0 bridgehead atoms. The summed E-state index contributed by atoms with van der Waals surface area (Å²) < 4.78 is 72.8. The van der Waals surface area contributed by atoms with Crippen LogP contribution in [0, 0.1) is 12.0 Å². The summed E-state index contributed by atoms with van der Waals surface area (Å²) in [6.07, 6.45) is 13.4. The average Bonchev–Trinajstić information content (AvgIpc) is 3.52. The summed E-state index contributed by atoms with van der Waals surface area (Å²) in [5.74, 6) is 2.40. The molecule has 4 N–H and O–H groups in total. The van der Waals surface area contributed by atoms with Gasteiger partial charge in [0.05, 0.1) is 33.8 Å². The molecule has 0 aromatic heterocycles. The minimum atomic E-state index is -4.42. The van der Waals surface area contributed by atoms with Gasteiger partial charge in [0.2, 0.25) is 11.1 Å². The van der Waals surface area contributed by atoms with Crippen LogP contribution in [0.5, 0.6) is 0 Å². The number of benzene rings is 4. The largest absolute Gasteiger partial charge is 0.294 e. The fourth-order valence-electron chi connectivity index (χ4n) is 7.74. The highest BCUT2D eigenvalue weighted by molar-refractivity contribution is 7.94. The molecule has 14 nitrogen and oxygen atoms in total. The predicted octanol–water partition coefficient (Wildman–Crippen LogP) is 8.31. The lowest BCUT2D eigenvalue weighted by atomic mass is 9.79. The molecule has 2 aliphatic heterocycles. The van der Waals surface area contributed by atoms with Crippen molar-refractivity contribution in [3.8, 4) is 12.0 Å². The van der Waals surface area contributed by atoms with E-state index in [2.05, 4.69) is 62.3 Å². The molecular formula is C41H41N2O12S4+. The van der Waals surface area contributed by atoms with Gasteiger partial charge in [-0.05, 0) is 89.4 Å².